The van der Waals surface area contributed by atoms with Crippen molar-refractivity contribution in [3.8, 4) is 0 Å². The smallest absolute Gasteiger partial charge is 0.178 e. The zero-order chi connectivity index (χ0) is 15.7. The van der Waals surface area contributed by atoms with Crippen LogP contribution in [-0.4, -0.2) is 66.8 Å². The van der Waals surface area contributed by atoms with E-state index >= 15 is 0 Å². The van der Waals surface area contributed by atoms with Crippen molar-refractivity contribution in [1.29, 1.82) is 0 Å². The Morgan fingerprint density at radius 1 is 1.09 bits per heavy atom. The summed E-state index contributed by atoms with van der Waals surface area (Å²) in [7, 11) is 0. The molecule has 0 amide bonds. The van der Waals surface area contributed by atoms with Crippen molar-refractivity contribution in [2.24, 2.45) is 5.41 Å². The van der Waals surface area contributed by atoms with E-state index in [9.17, 15) is 0 Å². The number of ether oxygens (including phenoxy) is 2. The van der Waals surface area contributed by atoms with E-state index in [1.165, 1.54) is 24.3 Å². The molecule has 0 unspecified atom stereocenters. The Bertz CT molecular complexity index is 463. The summed E-state index contributed by atoms with van der Waals surface area (Å²) < 4.78 is 14.0. The highest BCUT2D eigenvalue weighted by atomic mass is 16.5. The van der Waals surface area contributed by atoms with Crippen LogP contribution in [-0.2, 0) is 9.47 Å². The van der Waals surface area contributed by atoms with E-state index in [1.54, 1.807) is 0 Å². The van der Waals surface area contributed by atoms with Crippen LogP contribution in [0.4, 0.5) is 0 Å². The average molecular weight is 307 g/mol. The predicted molar refractivity (Wildman–Crippen MR) is 88.5 cm³/mol. The second kappa shape index (κ2) is 6.32. The first-order valence-electron chi connectivity index (χ1n) is 8.72. The number of nitrogens with zero attached hydrogens (tertiary/aromatic N) is 2. The van der Waals surface area contributed by atoms with Gasteiger partial charge in [0.2, 0.25) is 0 Å². The molecule has 0 saturated carbocycles. The van der Waals surface area contributed by atoms with Gasteiger partial charge in [-0.25, -0.2) is 4.58 Å². The Hall–Kier alpha value is -0.870. The predicted octanol–water partition coefficient (Wildman–Crippen LogP) is 2.28. The molecule has 1 aliphatic carbocycles. The van der Waals surface area contributed by atoms with Crippen LogP contribution in [0, 0.1) is 5.41 Å². The molecule has 0 aromatic rings. The van der Waals surface area contributed by atoms with Crippen LogP contribution in [0.3, 0.4) is 0 Å². The lowest BCUT2D eigenvalue weighted by atomic mass is 9.78. The molecule has 0 aromatic heterocycles. The third-order valence-corrected chi connectivity index (χ3v) is 4.90. The highest BCUT2D eigenvalue weighted by molar-refractivity contribution is 5.92. The maximum atomic E-state index is 5.90. The topological polar surface area (TPSA) is 24.7 Å². The van der Waals surface area contributed by atoms with Gasteiger partial charge in [-0.15, -0.1) is 0 Å². The first-order chi connectivity index (χ1) is 10.4. The van der Waals surface area contributed by atoms with Gasteiger partial charge in [0.15, 0.2) is 18.8 Å². The molecule has 0 radical (unpaired) electrons. The molecule has 124 valence electrons. The van der Waals surface area contributed by atoms with Gasteiger partial charge in [-0.1, -0.05) is 13.8 Å². The van der Waals surface area contributed by atoms with Gasteiger partial charge in [0.1, 0.15) is 12.2 Å². The van der Waals surface area contributed by atoms with E-state index in [0.29, 0.717) is 17.6 Å². The molecule has 2 atom stereocenters. The first-order valence-corrected chi connectivity index (χ1v) is 8.72. The fourth-order valence-electron chi connectivity index (χ4n) is 4.01. The molecule has 2 saturated heterocycles. The lowest BCUT2D eigenvalue weighted by molar-refractivity contribution is -0.567. The van der Waals surface area contributed by atoms with E-state index in [-0.39, 0.29) is 0 Å². The van der Waals surface area contributed by atoms with Crippen LogP contribution in [0.5, 0.6) is 0 Å². The Balaban J connectivity index is 1.88. The quantitative estimate of drug-likeness (QED) is 0.695. The highest BCUT2D eigenvalue weighted by Gasteiger charge is 2.35. The number of hydrogen-bond acceptors (Lipinski definition) is 3. The van der Waals surface area contributed by atoms with Gasteiger partial charge in [0.05, 0.1) is 13.2 Å². The van der Waals surface area contributed by atoms with Crippen LogP contribution in [0.25, 0.3) is 0 Å². The Kier molecular flexibility index (Phi) is 4.60. The lowest BCUT2D eigenvalue weighted by Gasteiger charge is -2.38. The lowest BCUT2D eigenvalue weighted by Crippen LogP contribution is -2.45. The summed E-state index contributed by atoms with van der Waals surface area (Å²) in [5.74, 6) is 0. The summed E-state index contributed by atoms with van der Waals surface area (Å²) in [6, 6.07) is 0. The number of allylic oxidation sites excluding steroid dienone is 2. The highest BCUT2D eigenvalue weighted by Crippen LogP contribution is 2.36. The summed E-state index contributed by atoms with van der Waals surface area (Å²) in [5, 5.41) is 0. The molecule has 4 nitrogen and oxygen atoms in total. The van der Waals surface area contributed by atoms with E-state index in [1.807, 2.05) is 0 Å². The molecule has 2 aliphatic heterocycles. The normalized spacial score (nSPS) is 32.9. The maximum Gasteiger partial charge on any atom is 0.178 e. The van der Waals surface area contributed by atoms with Gasteiger partial charge in [0, 0.05) is 31.3 Å². The molecule has 22 heavy (non-hydrogen) atoms. The monoisotopic (exact) mass is 307 g/mol. The number of morpholine rings is 2. The molecule has 3 aliphatic rings. The minimum absolute atomic E-state index is 0.321. The van der Waals surface area contributed by atoms with Crippen LogP contribution in [0.15, 0.2) is 11.8 Å². The largest absolute Gasteiger partial charge is 0.378 e. The second-order valence-corrected chi connectivity index (χ2v) is 7.91. The molecule has 4 heteroatoms. The third kappa shape index (κ3) is 3.72. The summed E-state index contributed by atoms with van der Waals surface area (Å²) >= 11 is 0. The molecular weight excluding hydrogens is 276 g/mol. The zero-order valence-electron chi connectivity index (χ0n) is 14.6. The zero-order valence-corrected chi connectivity index (χ0v) is 14.6. The molecule has 2 heterocycles. The van der Waals surface area contributed by atoms with Gasteiger partial charge >= 0.3 is 0 Å². The van der Waals surface area contributed by atoms with Crippen molar-refractivity contribution < 1.29 is 14.0 Å². The second-order valence-electron chi connectivity index (χ2n) is 7.91. The van der Waals surface area contributed by atoms with Crippen LogP contribution >= 0.6 is 0 Å². The third-order valence-electron chi connectivity index (χ3n) is 4.90. The van der Waals surface area contributed by atoms with Crippen LogP contribution in [0.2, 0.25) is 0 Å². The van der Waals surface area contributed by atoms with Gasteiger partial charge < -0.3 is 14.4 Å². The van der Waals surface area contributed by atoms with Crippen LogP contribution < -0.4 is 0 Å². The van der Waals surface area contributed by atoms with Gasteiger partial charge in [-0.05, 0) is 25.7 Å². The van der Waals surface area contributed by atoms with E-state index < -0.39 is 0 Å². The van der Waals surface area contributed by atoms with Crippen molar-refractivity contribution in [1.82, 2.24) is 4.90 Å². The van der Waals surface area contributed by atoms with Gasteiger partial charge in [-0.2, -0.15) is 0 Å². The van der Waals surface area contributed by atoms with Crippen molar-refractivity contribution in [3.05, 3.63) is 11.8 Å². The van der Waals surface area contributed by atoms with Crippen molar-refractivity contribution >= 4 is 5.71 Å². The maximum absolute atomic E-state index is 5.90. The fourth-order valence-corrected chi connectivity index (χ4v) is 4.01. The van der Waals surface area contributed by atoms with E-state index in [0.717, 1.165) is 39.4 Å². The number of hydrogen-bond donors (Lipinski definition) is 0. The van der Waals surface area contributed by atoms with Crippen molar-refractivity contribution in [2.75, 3.05) is 39.4 Å². The summed E-state index contributed by atoms with van der Waals surface area (Å²) in [4.78, 5) is 2.53. The molecule has 0 spiro atoms. The molecule has 0 N–H and O–H groups in total. The summed E-state index contributed by atoms with van der Waals surface area (Å²) in [6.45, 7) is 15.0. The average Bonchev–Trinajstić information content (AvgIpc) is 2.45. The van der Waals surface area contributed by atoms with E-state index in [4.69, 9.17) is 9.47 Å². The molecule has 3 rings (SSSR count). The molecule has 0 bridgehead atoms. The van der Waals surface area contributed by atoms with Crippen molar-refractivity contribution in [2.45, 2.75) is 52.7 Å². The van der Waals surface area contributed by atoms with Crippen LogP contribution in [0.1, 0.15) is 40.5 Å². The van der Waals surface area contributed by atoms with Gasteiger partial charge in [-0.3, -0.25) is 0 Å². The number of rotatable bonds is 1. The van der Waals surface area contributed by atoms with Gasteiger partial charge in [0.25, 0.3) is 0 Å². The molecule has 2 fully saturated rings. The first kappa shape index (κ1) is 16.0. The molecule has 0 aromatic carbocycles. The Morgan fingerprint density at radius 3 is 2.36 bits per heavy atom. The SMILES string of the molecule is C[C@H]1C[N+](=C2C=C(N3CCOCC3)CC(C)(C)C2)C[C@H](C)O1. The Morgan fingerprint density at radius 2 is 1.73 bits per heavy atom. The standard InChI is InChI=1S/C18H31N2O2/c1-14-12-20(13-15(2)22-14)17-9-16(10-18(3,4)11-17)19-5-7-21-8-6-19/h9,14-15H,5-8,10-13H2,1-4H3/q+1/t14-,15-/m0/s1. The summed E-state index contributed by atoms with van der Waals surface area (Å²) in [5.41, 5.74) is 3.34. The fraction of sp³-hybridized carbons (Fsp3) is 0.833. The minimum Gasteiger partial charge on any atom is -0.378 e. The molecular formula is C18H31N2O2+. The Labute approximate surface area is 134 Å². The minimum atomic E-state index is 0.321. The van der Waals surface area contributed by atoms with E-state index in [2.05, 4.69) is 43.2 Å². The summed E-state index contributed by atoms with van der Waals surface area (Å²) in [6.07, 6.45) is 5.44. The van der Waals surface area contributed by atoms with Crippen molar-refractivity contribution in [3.63, 3.8) is 0 Å².